The van der Waals surface area contributed by atoms with Crippen molar-refractivity contribution in [2.45, 2.75) is 44.8 Å². The Labute approximate surface area is 105 Å². The first-order valence-corrected chi connectivity index (χ1v) is 7.21. The van der Waals surface area contributed by atoms with Crippen molar-refractivity contribution in [1.82, 2.24) is 0 Å². The fraction of sp³-hybridized carbons (Fsp3) is 0.538. The van der Waals surface area contributed by atoms with E-state index < -0.39 is 16.9 Å². The average molecular weight is 257 g/mol. The van der Waals surface area contributed by atoms with E-state index in [4.69, 9.17) is 0 Å². The molecule has 0 aromatic heterocycles. The summed E-state index contributed by atoms with van der Waals surface area (Å²) in [7, 11) is 0. The van der Waals surface area contributed by atoms with Crippen molar-refractivity contribution >= 4 is 11.1 Å². The van der Waals surface area contributed by atoms with Crippen molar-refractivity contribution in [2.75, 3.05) is 0 Å². The number of hydrogen-bond donors (Lipinski definition) is 0. The van der Waals surface area contributed by atoms with E-state index in [1.165, 1.54) is 6.07 Å². The lowest BCUT2D eigenvalue weighted by molar-refractivity contribution is 0.532. The highest BCUT2D eigenvalue weighted by Crippen LogP contribution is 2.18. The second kappa shape index (κ2) is 7.56. The molecule has 0 amide bonds. The minimum Gasteiger partial charge on any atom is -0.772 e. The van der Waals surface area contributed by atoms with Crippen LogP contribution in [-0.2, 0) is 23.3 Å². The highest BCUT2D eigenvalue weighted by atomic mass is 32.2. The molecular weight excluding hydrogens is 239 g/mol. The molecule has 1 rings (SSSR count). The first kappa shape index (κ1) is 14.3. The third-order valence-electron chi connectivity index (χ3n) is 2.78. The molecule has 0 aliphatic rings. The maximum absolute atomic E-state index is 13.5. The molecule has 4 heteroatoms. The standard InChI is InChI=1S/C13H19FO2S/c1-2-3-4-5-7-11-8-6-9-13(14)12(11)10-17(15)16/h6,8-9H,2-5,7,10H2,1H3,(H,15,16)/p-1. The Bertz CT molecular complexity index is 380. The van der Waals surface area contributed by atoms with E-state index >= 15 is 0 Å². The van der Waals surface area contributed by atoms with Gasteiger partial charge >= 0.3 is 0 Å². The van der Waals surface area contributed by atoms with Gasteiger partial charge < -0.3 is 4.55 Å². The number of benzene rings is 1. The van der Waals surface area contributed by atoms with Gasteiger partial charge in [0.15, 0.2) is 0 Å². The van der Waals surface area contributed by atoms with Crippen LogP contribution >= 0.6 is 0 Å². The lowest BCUT2D eigenvalue weighted by Gasteiger charge is -2.12. The summed E-state index contributed by atoms with van der Waals surface area (Å²) >= 11 is -2.24. The van der Waals surface area contributed by atoms with E-state index in [1.54, 1.807) is 6.07 Å². The first-order valence-electron chi connectivity index (χ1n) is 5.97. The van der Waals surface area contributed by atoms with Crippen LogP contribution in [0.5, 0.6) is 0 Å². The van der Waals surface area contributed by atoms with Crippen molar-refractivity contribution in [1.29, 1.82) is 0 Å². The van der Waals surface area contributed by atoms with Crippen LogP contribution in [0, 0.1) is 5.82 Å². The van der Waals surface area contributed by atoms with E-state index in [9.17, 15) is 13.2 Å². The normalized spacial score (nSPS) is 12.6. The third-order valence-corrected chi connectivity index (χ3v) is 3.30. The maximum Gasteiger partial charge on any atom is 0.127 e. The Hall–Kier alpha value is -0.740. The van der Waals surface area contributed by atoms with Crippen molar-refractivity contribution in [2.24, 2.45) is 0 Å². The topological polar surface area (TPSA) is 40.1 Å². The van der Waals surface area contributed by atoms with Gasteiger partial charge in [-0.3, -0.25) is 4.21 Å². The Morgan fingerprint density at radius 3 is 2.71 bits per heavy atom. The van der Waals surface area contributed by atoms with Gasteiger partial charge in [0.2, 0.25) is 0 Å². The van der Waals surface area contributed by atoms with Gasteiger partial charge in [0.1, 0.15) is 5.82 Å². The molecule has 17 heavy (non-hydrogen) atoms. The minimum atomic E-state index is -2.24. The summed E-state index contributed by atoms with van der Waals surface area (Å²) in [5.74, 6) is -0.641. The first-order chi connectivity index (χ1) is 8.15. The molecule has 0 spiro atoms. The lowest BCUT2D eigenvalue weighted by atomic mass is 10.0. The number of halogens is 1. The number of hydrogen-bond acceptors (Lipinski definition) is 2. The molecule has 0 aliphatic carbocycles. The van der Waals surface area contributed by atoms with Crippen molar-refractivity contribution in [3.05, 3.63) is 35.1 Å². The molecular formula is C13H18FO2S-. The summed E-state index contributed by atoms with van der Waals surface area (Å²) in [5, 5.41) is 0. The van der Waals surface area contributed by atoms with E-state index in [1.807, 2.05) is 6.07 Å². The summed E-state index contributed by atoms with van der Waals surface area (Å²) in [6.45, 7) is 2.13. The zero-order chi connectivity index (χ0) is 12.7. The van der Waals surface area contributed by atoms with Crippen LogP contribution in [0.2, 0.25) is 0 Å². The van der Waals surface area contributed by atoms with Gasteiger partial charge in [0.05, 0.1) is 0 Å². The third kappa shape index (κ3) is 4.96. The highest BCUT2D eigenvalue weighted by Gasteiger charge is 2.08. The van der Waals surface area contributed by atoms with Gasteiger partial charge in [-0.05, 0) is 24.5 Å². The largest absolute Gasteiger partial charge is 0.772 e. The molecule has 1 atom stereocenters. The average Bonchev–Trinajstić information content (AvgIpc) is 2.28. The van der Waals surface area contributed by atoms with Crippen LogP contribution in [0.15, 0.2) is 18.2 Å². The smallest absolute Gasteiger partial charge is 0.127 e. The Balaban J connectivity index is 2.69. The van der Waals surface area contributed by atoms with Crippen LogP contribution in [0.4, 0.5) is 4.39 Å². The van der Waals surface area contributed by atoms with E-state index in [0.717, 1.165) is 37.7 Å². The Morgan fingerprint density at radius 1 is 1.29 bits per heavy atom. The minimum absolute atomic E-state index is 0.226. The van der Waals surface area contributed by atoms with Gasteiger partial charge in [-0.2, -0.15) is 0 Å². The zero-order valence-electron chi connectivity index (χ0n) is 10.1. The zero-order valence-corrected chi connectivity index (χ0v) is 10.9. The van der Waals surface area contributed by atoms with Gasteiger partial charge in [-0.25, -0.2) is 4.39 Å². The molecule has 2 nitrogen and oxygen atoms in total. The SMILES string of the molecule is CCCCCCc1cccc(F)c1CS(=O)[O-]. The molecule has 96 valence electrons. The van der Waals surface area contributed by atoms with Gasteiger partial charge in [0, 0.05) is 11.3 Å². The van der Waals surface area contributed by atoms with E-state index in [-0.39, 0.29) is 5.75 Å². The van der Waals surface area contributed by atoms with Crippen LogP contribution in [-0.4, -0.2) is 8.76 Å². The molecule has 0 bridgehead atoms. The fourth-order valence-electron chi connectivity index (χ4n) is 1.86. The van der Waals surface area contributed by atoms with Crippen molar-refractivity contribution in [3.8, 4) is 0 Å². The van der Waals surface area contributed by atoms with Crippen molar-refractivity contribution < 1.29 is 13.2 Å². The molecule has 1 aromatic carbocycles. The lowest BCUT2D eigenvalue weighted by Crippen LogP contribution is -2.02. The van der Waals surface area contributed by atoms with Crippen LogP contribution in [0.1, 0.15) is 43.7 Å². The summed E-state index contributed by atoms with van der Waals surface area (Å²) in [4.78, 5) is 0. The van der Waals surface area contributed by atoms with Gasteiger partial charge in [-0.1, -0.05) is 49.4 Å². The molecule has 1 unspecified atom stereocenters. The van der Waals surface area contributed by atoms with Gasteiger partial charge in [0.25, 0.3) is 0 Å². The Kier molecular flexibility index (Phi) is 6.37. The number of rotatable bonds is 7. The molecule has 0 N–H and O–H groups in total. The monoisotopic (exact) mass is 257 g/mol. The number of aryl methyl sites for hydroxylation is 1. The van der Waals surface area contributed by atoms with Crippen LogP contribution < -0.4 is 0 Å². The van der Waals surface area contributed by atoms with Crippen LogP contribution in [0.25, 0.3) is 0 Å². The summed E-state index contributed by atoms with van der Waals surface area (Å²) < 4.78 is 34.9. The van der Waals surface area contributed by atoms with Crippen LogP contribution in [0.3, 0.4) is 0 Å². The molecule has 0 saturated carbocycles. The predicted molar refractivity (Wildman–Crippen MR) is 66.9 cm³/mol. The Morgan fingerprint density at radius 2 is 2.06 bits per heavy atom. The highest BCUT2D eigenvalue weighted by molar-refractivity contribution is 7.78. The van der Waals surface area contributed by atoms with E-state index in [2.05, 4.69) is 6.92 Å². The molecule has 0 aliphatic heterocycles. The van der Waals surface area contributed by atoms with E-state index in [0.29, 0.717) is 5.56 Å². The molecule has 1 aromatic rings. The summed E-state index contributed by atoms with van der Waals surface area (Å²) in [6, 6.07) is 4.77. The maximum atomic E-state index is 13.5. The second-order valence-electron chi connectivity index (χ2n) is 4.14. The molecule has 0 radical (unpaired) electrons. The quantitative estimate of drug-likeness (QED) is 0.555. The molecule has 0 fully saturated rings. The predicted octanol–water partition coefficient (Wildman–Crippen LogP) is 3.33. The number of unbranched alkanes of at least 4 members (excludes halogenated alkanes) is 3. The molecule has 0 heterocycles. The summed E-state index contributed by atoms with van der Waals surface area (Å²) in [5.41, 5.74) is 1.16. The fourth-order valence-corrected chi connectivity index (χ4v) is 2.42. The summed E-state index contributed by atoms with van der Waals surface area (Å²) in [6.07, 6.45) is 5.16. The molecule has 0 saturated heterocycles. The van der Waals surface area contributed by atoms with Crippen molar-refractivity contribution in [3.63, 3.8) is 0 Å². The second-order valence-corrected chi connectivity index (χ2v) is 5.03. The van der Waals surface area contributed by atoms with Gasteiger partial charge in [-0.15, -0.1) is 0 Å².